The van der Waals surface area contributed by atoms with Crippen LogP contribution < -0.4 is 4.74 Å². The zero-order chi connectivity index (χ0) is 14.0. The first kappa shape index (κ1) is 13.4. The fraction of sp³-hybridized carbons (Fsp3) is 0.0714. The molecule has 0 fully saturated rings. The number of ether oxygens (including phenoxy) is 1. The molecule has 0 aliphatic heterocycles. The second-order valence-corrected chi connectivity index (χ2v) is 4.29. The fourth-order valence-corrected chi connectivity index (χ4v) is 1.98. The van der Waals surface area contributed by atoms with E-state index in [9.17, 15) is 9.18 Å². The van der Waals surface area contributed by atoms with Crippen molar-refractivity contribution in [2.75, 3.05) is 7.11 Å². The number of carbonyl (C=O) groups is 1. The standard InChI is InChI=1S/C14H10ClFO3/c1-19-13-3-2-8(7-12(13)15)9-4-10(14(17)18)6-11(16)5-9/h2-7H,1H3,(H,17,18). The van der Waals surface area contributed by atoms with Crippen LogP contribution in [0.4, 0.5) is 4.39 Å². The van der Waals surface area contributed by atoms with E-state index in [1.807, 2.05) is 0 Å². The molecule has 0 atom stereocenters. The molecular weight excluding hydrogens is 271 g/mol. The van der Waals surface area contributed by atoms with Gasteiger partial charge in [0, 0.05) is 0 Å². The molecule has 0 aliphatic carbocycles. The lowest BCUT2D eigenvalue weighted by molar-refractivity contribution is 0.0696. The Balaban J connectivity index is 2.52. The van der Waals surface area contributed by atoms with Crippen LogP contribution in [0.3, 0.4) is 0 Å². The predicted molar refractivity (Wildman–Crippen MR) is 70.4 cm³/mol. The molecule has 0 aliphatic rings. The van der Waals surface area contributed by atoms with Crippen molar-refractivity contribution in [3.8, 4) is 16.9 Å². The minimum absolute atomic E-state index is 0.109. The van der Waals surface area contributed by atoms with Gasteiger partial charge in [-0.05, 0) is 41.5 Å². The quantitative estimate of drug-likeness (QED) is 0.929. The third-order valence-corrected chi connectivity index (χ3v) is 2.93. The number of methoxy groups -OCH3 is 1. The number of carboxylic acid groups (broad SMARTS) is 1. The Bertz CT molecular complexity index is 641. The molecule has 5 heteroatoms. The van der Waals surface area contributed by atoms with Gasteiger partial charge in [0.25, 0.3) is 0 Å². The number of hydrogen-bond acceptors (Lipinski definition) is 2. The number of hydrogen-bond donors (Lipinski definition) is 1. The van der Waals surface area contributed by atoms with E-state index in [1.54, 1.807) is 18.2 Å². The summed E-state index contributed by atoms with van der Waals surface area (Å²) in [5, 5.41) is 9.28. The van der Waals surface area contributed by atoms with Crippen LogP contribution in [0.15, 0.2) is 36.4 Å². The van der Waals surface area contributed by atoms with Crippen LogP contribution >= 0.6 is 11.6 Å². The average molecular weight is 281 g/mol. The molecule has 98 valence electrons. The van der Waals surface area contributed by atoms with E-state index in [0.717, 1.165) is 6.07 Å². The lowest BCUT2D eigenvalue weighted by Crippen LogP contribution is -1.97. The molecule has 0 bridgehead atoms. The second-order valence-electron chi connectivity index (χ2n) is 3.88. The first-order valence-electron chi connectivity index (χ1n) is 5.39. The summed E-state index contributed by atoms with van der Waals surface area (Å²) >= 11 is 5.99. The highest BCUT2D eigenvalue weighted by Crippen LogP contribution is 2.30. The van der Waals surface area contributed by atoms with Crippen LogP contribution in [-0.4, -0.2) is 18.2 Å². The molecule has 3 nitrogen and oxygen atoms in total. The third kappa shape index (κ3) is 2.85. The number of aromatic carboxylic acids is 1. The number of halogens is 2. The van der Waals surface area contributed by atoms with Crippen molar-refractivity contribution in [2.45, 2.75) is 0 Å². The van der Waals surface area contributed by atoms with Gasteiger partial charge in [-0.2, -0.15) is 0 Å². The van der Waals surface area contributed by atoms with Crippen molar-refractivity contribution >= 4 is 17.6 Å². The Labute approximate surface area is 114 Å². The van der Waals surface area contributed by atoms with Crippen molar-refractivity contribution in [1.82, 2.24) is 0 Å². The van der Waals surface area contributed by atoms with E-state index < -0.39 is 11.8 Å². The summed E-state index contributed by atoms with van der Waals surface area (Å²) in [5.74, 6) is -1.29. The second kappa shape index (κ2) is 5.28. The van der Waals surface area contributed by atoms with Crippen LogP contribution in [0.25, 0.3) is 11.1 Å². The fourth-order valence-electron chi connectivity index (χ4n) is 1.73. The van der Waals surface area contributed by atoms with Gasteiger partial charge in [-0.3, -0.25) is 0 Å². The van der Waals surface area contributed by atoms with Gasteiger partial charge < -0.3 is 9.84 Å². The van der Waals surface area contributed by atoms with Gasteiger partial charge in [0.05, 0.1) is 17.7 Å². The number of benzene rings is 2. The Hall–Kier alpha value is -2.07. The smallest absolute Gasteiger partial charge is 0.335 e. The first-order valence-corrected chi connectivity index (χ1v) is 5.77. The van der Waals surface area contributed by atoms with Crippen molar-refractivity contribution in [3.05, 3.63) is 52.8 Å². The molecular formula is C14H10ClFO3. The van der Waals surface area contributed by atoms with Gasteiger partial charge in [-0.1, -0.05) is 17.7 Å². The van der Waals surface area contributed by atoms with Crippen LogP contribution in [0.2, 0.25) is 5.02 Å². The van der Waals surface area contributed by atoms with Crippen LogP contribution in [0.1, 0.15) is 10.4 Å². The minimum atomic E-state index is -1.18. The SMILES string of the molecule is COc1ccc(-c2cc(F)cc(C(=O)O)c2)cc1Cl. The first-order chi connectivity index (χ1) is 9.01. The lowest BCUT2D eigenvalue weighted by Gasteiger charge is -2.07. The van der Waals surface area contributed by atoms with Crippen molar-refractivity contribution in [1.29, 1.82) is 0 Å². The normalized spacial score (nSPS) is 10.3. The Morgan fingerprint density at radius 1 is 1.21 bits per heavy atom. The molecule has 0 saturated carbocycles. The summed E-state index contributed by atoms with van der Waals surface area (Å²) in [6.07, 6.45) is 0. The molecule has 0 spiro atoms. The topological polar surface area (TPSA) is 46.5 Å². The maximum atomic E-state index is 13.4. The molecule has 2 rings (SSSR count). The monoisotopic (exact) mass is 280 g/mol. The summed E-state index contributed by atoms with van der Waals surface area (Å²) in [4.78, 5) is 10.9. The number of carboxylic acids is 1. The third-order valence-electron chi connectivity index (χ3n) is 2.63. The van der Waals surface area contributed by atoms with Crippen molar-refractivity contribution in [2.24, 2.45) is 0 Å². The molecule has 0 aromatic heterocycles. The van der Waals surface area contributed by atoms with Crippen LogP contribution in [-0.2, 0) is 0 Å². The molecule has 0 heterocycles. The molecule has 0 amide bonds. The summed E-state index contributed by atoms with van der Waals surface area (Å²) in [6, 6.07) is 8.54. The van der Waals surface area contributed by atoms with E-state index >= 15 is 0 Å². The van der Waals surface area contributed by atoms with E-state index in [-0.39, 0.29) is 5.56 Å². The lowest BCUT2D eigenvalue weighted by atomic mass is 10.0. The van der Waals surface area contributed by atoms with Gasteiger partial charge in [0.15, 0.2) is 0 Å². The molecule has 2 aromatic rings. The average Bonchev–Trinajstić information content (AvgIpc) is 2.37. The highest BCUT2D eigenvalue weighted by atomic mass is 35.5. The molecule has 0 saturated heterocycles. The largest absolute Gasteiger partial charge is 0.495 e. The maximum absolute atomic E-state index is 13.4. The van der Waals surface area contributed by atoms with Crippen molar-refractivity contribution < 1.29 is 19.0 Å². The van der Waals surface area contributed by atoms with Crippen molar-refractivity contribution in [3.63, 3.8) is 0 Å². The minimum Gasteiger partial charge on any atom is -0.495 e. The summed E-state index contributed by atoms with van der Waals surface area (Å²) in [7, 11) is 1.49. The van der Waals surface area contributed by atoms with Gasteiger partial charge in [-0.25, -0.2) is 9.18 Å². The zero-order valence-corrected chi connectivity index (χ0v) is 10.7. The van der Waals surface area contributed by atoms with Gasteiger partial charge in [-0.15, -0.1) is 0 Å². The Kier molecular flexibility index (Phi) is 3.71. The van der Waals surface area contributed by atoms with Gasteiger partial charge in [0.2, 0.25) is 0 Å². The maximum Gasteiger partial charge on any atom is 0.335 e. The molecule has 1 N–H and O–H groups in total. The number of rotatable bonds is 3. The highest BCUT2D eigenvalue weighted by Gasteiger charge is 2.10. The van der Waals surface area contributed by atoms with Crippen LogP contribution in [0, 0.1) is 5.82 Å². The molecule has 19 heavy (non-hydrogen) atoms. The summed E-state index contributed by atoms with van der Waals surface area (Å²) < 4.78 is 18.4. The van der Waals surface area contributed by atoms with E-state index in [2.05, 4.69) is 0 Å². The highest BCUT2D eigenvalue weighted by molar-refractivity contribution is 6.32. The summed E-state index contributed by atoms with van der Waals surface area (Å²) in [6.45, 7) is 0. The summed E-state index contributed by atoms with van der Waals surface area (Å²) in [5.41, 5.74) is 0.955. The molecule has 2 aromatic carbocycles. The molecule has 0 unspecified atom stereocenters. The van der Waals surface area contributed by atoms with Gasteiger partial charge >= 0.3 is 5.97 Å². The van der Waals surface area contributed by atoms with E-state index in [1.165, 1.54) is 19.2 Å². The zero-order valence-electron chi connectivity index (χ0n) is 9.98. The molecule has 0 radical (unpaired) electrons. The predicted octanol–water partition coefficient (Wildman–Crippen LogP) is 3.85. The van der Waals surface area contributed by atoms with E-state index in [4.69, 9.17) is 21.4 Å². The van der Waals surface area contributed by atoms with Gasteiger partial charge in [0.1, 0.15) is 11.6 Å². The Morgan fingerprint density at radius 2 is 1.95 bits per heavy atom. The Morgan fingerprint density at radius 3 is 2.53 bits per heavy atom. The van der Waals surface area contributed by atoms with E-state index in [0.29, 0.717) is 21.9 Å². The van der Waals surface area contributed by atoms with Crippen LogP contribution in [0.5, 0.6) is 5.75 Å².